The minimum absolute atomic E-state index is 0. The van der Waals surface area contributed by atoms with Crippen LogP contribution in [0.2, 0.25) is 0 Å². The second kappa shape index (κ2) is 11.2. The van der Waals surface area contributed by atoms with Gasteiger partial charge in [-0.1, -0.05) is 42.0 Å². The number of aryl methyl sites for hydroxylation is 1. The van der Waals surface area contributed by atoms with Crippen LogP contribution < -0.4 is 14.8 Å². The van der Waals surface area contributed by atoms with Gasteiger partial charge < -0.3 is 14.8 Å². The Morgan fingerprint density at radius 3 is 2.17 bits per heavy atom. The van der Waals surface area contributed by atoms with Crippen molar-refractivity contribution in [1.82, 2.24) is 5.32 Å². The summed E-state index contributed by atoms with van der Waals surface area (Å²) in [5, 5.41) is 3.36. The lowest BCUT2D eigenvalue weighted by molar-refractivity contribution is 0.282. The van der Waals surface area contributed by atoms with E-state index in [9.17, 15) is 4.39 Å². The maximum absolute atomic E-state index is 13.0. The lowest BCUT2D eigenvalue weighted by Gasteiger charge is -2.15. The van der Waals surface area contributed by atoms with Crippen molar-refractivity contribution in [2.24, 2.45) is 0 Å². The van der Waals surface area contributed by atoms with Gasteiger partial charge in [0.05, 0.1) is 11.6 Å². The molecule has 0 atom stereocenters. The molecule has 0 heterocycles. The molecule has 6 heteroatoms. The molecule has 0 radical (unpaired) electrons. The van der Waals surface area contributed by atoms with Gasteiger partial charge in [0.25, 0.3) is 0 Å². The van der Waals surface area contributed by atoms with Gasteiger partial charge in [0.15, 0.2) is 11.5 Å². The highest BCUT2D eigenvalue weighted by atomic mass is 79.9. The van der Waals surface area contributed by atoms with Gasteiger partial charge in [-0.2, -0.15) is 0 Å². The van der Waals surface area contributed by atoms with Crippen LogP contribution in [0.1, 0.15) is 22.3 Å². The number of hydrogen-bond donors (Lipinski definition) is 1. The zero-order chi connectivity index (χ0) is 19.9. The van der Waals surface area contributed by atoms with Crippen LogP contribution in [-0.4, -0.2) is 7.11 Å². The van der Waals surface area contributed by atoms with E-state index >= 15 is 0 Å². The van der Waals surface area contributed by atoms with Crippen LogP contribution in [0.5, 0.6) is 11.5 Å². The van der Waals surface area contributed by atoms with Gasteiger partial charge in [-0.3, -0.25) is 0 Å². The highest BCUT2D eigenvalue weighted by molar-refractivity contribution is 9.10. The molecule has 0 saturated carbocycles. The van der Waals surface area contributed by atoms with Crippen molar-refractivity contribution >= 4 is 28.3 Å². The molecule has 3 rings (SSSR count). The van der Waals surface area contributed by atoms with Crippen LogP contribution in [0.15, 0.2) is 65.1 Å². The number of methoxy groups -OCH3 is 1. The van der Waals surface area contributed by atoms with Gasteiger partial charge in [0.1, 0.15) is 12.4 Å². The van der Waals surface area contributed by atoms with Gasteiger partial charge in [0.2, 0.25) is 0 Å². The molecule has 3 nitrogen and oxygen atoms in total. The first kappa shape index (κ1) is 23.2. The summed E-state index contributed by atoms with van der Waals surface area (Å²) in [6.45, 7) is 3.85. The lowest BCUT2D eigenvalue weighted by Crippen LogP contribution is -2.13. The highest BCUT2D eigenvalue weighted by Crippen LogP contribution is 2.37. The van der Waals surface area contributed by atoms with Crippen LogP contribution in [0.4, 0.5) is 4.39 Å². The summed E-state index contributed by atoms with van der Waals surface area (Å²) >= 11 is 3.59. The van der Waals surface area contributed by atoms with Gasteiger partial charge in [-0.25, -0.2) is 4.39 Å². The highest BCUT2D eigenvalue weighted by Gasteiger charge is 2.12. The predicted molar refractivity (Wildman–Crippen MR) is 120 cm³/mol. The summed E-state index contributed by atoms with van der Waals surface area (Å²) in [6, 6.07) is 18.7. The van der Waals surface area contributed by atoms with Crippen molar-refractivity contribution in [3.63, 3.8) is 0 Å². The summed E-state index contributed by atoms with van der Waals surface area (Å²) in [5.41, 5.74) is 4.42. The van der Waals surface area contributed by atoms with Gasteiger partial charge >= 0.3 is 0 Å². The molecule has 1 N–H and O–H groups in total. The molecule has 0 aromatic heterocycles. The fourth-order valence-electron chi connectivity index (χ4n) is 2.81. The Balaban J connectivity index is 0.00000300. The minimum atomic E-state index is -0.223. The van der Waals surface area contributed by atoms with Crippen LogP contribution in [-0.2, 0) is 19.7 Å². The Hall–Kier alpha value is -2.08. The average Bonchev–Trinajstić information content (AvgIpc) is 2.69. The smallest absolute Gasteiger partial charge is 0.175 e. The molecular weight excluding hydrogens is 457 g/mol. The number of nitrogens with one attached hydrogen (secondary N) is 1. The van der Waals surface area contributed by atoms with Crippen molar-refractivity contribution < 1.29 is 13.9 Å². The molecule has 154 valence electrons. The molecule has 0 saturated heterocycles. The topological polar surface area (TPSA) is 30.5 Å². The third kappa shape index (κ3) is 6.74. The van der Waals surface area contributed by atoms with Crippen molar-refractivity contribution in [3.8, 4) is 11.5 Å². The standard InChI is InChI=1S/C23H23BrFNO2.ClH/c1-16-3-5-18(6-4-16)15-28-23-21(24)11-19(12-22(23)27-2)14-26-13-17-7-9-20(25)10-8-17;/h3-12,26H,13-15H2,1-2H3;1H. The fraction of sp³-hybridized carbons (Fsp3) is 0.217. The third-order valence-electron chi connectivity index (χ3n) is 4.36. The lowest BCUT2D eigenvalue weighted by atomic mass is 10.1. The molecule has 0 aliphatic rings. The molecule has 0 fully saturated rings. The normalized spacial score (nSPS) is 10.3. The van der Waals surface area contributed by atoms with E-state index in [1.807, 2.05) is 12.1 Å². The number of hydrogen-bond acceptors (Lipinski definition) is 3. The molecular formula is C23H24BrClFNO2. The Bertz CT molecular complexity index is 917. The first-order chi connectivity index (χ1) is 13.5. The van der Waals surface area contributed by atoms with Crippen LogP contribution in [0.25, 0.3) is 0 Å². The van der Waals surface area contributed by atoms with E-state index in [0.29, 0.717) is 31.2 Å². The van der Waals surface area contributed by atoms with E-state index in [0.717, 1.165) is 21.2 Å². The molecule has 3 aromatic rings. The van der Waals surface area contributed by atoms with Crippen molar-refractivity contribution in [2.45, 2.75) is 26.6 Å². The molecule has 29 heavy (non-hydrogen) atoms. The van der Waals surface area contributed by atoms with Crippen LogP contribution in [0.3, 0.4) is 0 Å². The maximum atomic E-state index is 13.0. The van der Waals surface area contributed by atoms with Gasteiger partial charge in [0, 0.05) is 13.1 Å². The third-order valence-corrected chi connectivity index (χ3v) is 4.95. The zero-order valence-corrected chi connectivity index (χ0v) is 18.8. The Labute approximate surface area is 185 Å². The Kier molecular flexibility index (Phi) is 8.96. The summed E-state index contributed by atoms with van der Waals surface area (Å²) < 4.78 is 25.3. The second-order valence-electron chi connectivity index (χ2n) is 6.61. The van der Waals surface area contributed by atoms with Crippen molar-refractivity contribution in [1.29, 1.82) is 0 Å². The average molecular weight is 481 g/mol. The number of halogens is 3. The SMILES string of the molecule is COc1cc(CNCc2ccc(F)cc2)cc(Br)c1OCc1ccc(C)cc1.Cl. The summed E-state index contributed by atoms with van der Waals surface area (Å²) in [5.74, 6) is 1.14. The zero-order valence-electron chi connectivity index (χ0n) is 16.4. The van der Waals surface area contributed by atoms with E-state index < -0.39 is 0 Å². The Morgan fingerprint density at radius 1 is 0.897 bits per heavy atom. The van der Waals surface area contributed by atoms with Gasteiger partial charge in [-0.05, 0) is 63.8 Å². The molecule has 0 spiro atoms. The fourth-order valence-corrected chi connectivity index (χ4v) is 3.41. The number of rotatable bonds is 8. The number of benzene rings is 3. The van der Waals surface area contributed by atoms with Gasteiger partial charge in [-0.15, -0.1) is 12.4 Å². The minimum Gasteiger partial charge on any atom is -0.493 e. The predicted octanol–water partition coefficient (Wildman–Crippen LogP) is 6.20. The second-order valence-corrected chi connectivity index (χ2v) is 7.47. The quantitative estimate of drug-likeness (QED) is 0.417. The van der Waals surface area contributed by atoms with E-state index in [1.54, 1.807) is 19.2 Å². The van der Waals surface area contributed by atoms with E-state index in [2.05, 4.69) is 52.4 Å². The van der Waals surface area contributed by atoms with E-state index in [4.69, 9.17) is 9.47 Å². The molecule has 3 aromatic carbocycles. The van der Waals surface area contributed by atoms with Crippen molar-refractivity contribution in [3.05, 3.63) is 93.2 Å². The summed E-state index contributed by atoms with van der Waals surface area (Å²) in [4.78, 5) is 0. The molecule has 0 bridgehead atoms. The summed E-state index contributed by atoms with van der Waals surface area (Å²) in [7, 11) is 1.64. The maximum Gasteiger partial charge on any atom is 0.175 e. The molecule has 0 unspecified atom stereocenters. The molecule has 0 amide bonds. The largest absolute Gasteiger partial charge is 0.493 e. The Morgan fingerprint density at radius 2 is 1.52 bits per heavy atom. The van der Waals surface area contributed by atoms with Crippen LogP contribution >= 0.6 is 28.3 Å². The molecule has 0 aliphatic carbocycles. The molecule has 0 aliphatic heterocycles. The monoisotopic (exact) mass is 479 g/mol. The van der Waals surface area contributed by atoms with Crippen molar-refractivity contribution in [2.75, 3.05) is 7.11 Å². The summed E-state index contributed by atoms with van der Waals surface area (Å²) in [6.07, 6.45) is 0. The first-order valence-corrected chi connectivity index (χ1v) is 9.84. The number of ether oxygens (including phenoxy) is 2. The first-order valence-electron chi connectivity index (χ1n) is 9.05. The van der Waals surface area contributed by atoms with Crippen LogP contribution in [0, 0.1) is 12.7 Å². The van der Waals surface area contributed by atoms with E-state index in [1.165, 1.54) is 17.7 Å². The van der Waals surface area contributed by atoms with E-state index in [-0.39, 0.29) is 18.2 Å².